The molecule has 0 bridgehead atoms. The van der Waals surface area contributed by atoms with Gasteiger partial charge in [0.1, 0.15) is 17.5 Å². The van der Waals surface area contributed by atoms with Crippen molar-refractivity contribution in [1.82, 2.24) is 4.98 Å². The summed E-state index contributed by atoms with van der Waals surface area (Å²) in [6.45, 7) is 0. The predicted molar refractivity (Wildman–Crippen MR) is 68.9 cm³/mol. The second-order valence-corrected chi connectivity index (χ2v) is 4.88. The molecule has 0 saturated carbocycles. The molecule has 0 aliphatic carbocycles. The van der Waals surface area contributed by atoms with Gasteiger partial charge in [-0.25, -0.2) is 13.2 Å². The second-order valence-electron chi connectivity index (χ2n) is 4.03. The van der Waals surface area contributed by atoms with Crippen molar-refractivity contribution < 1.29 is 13.2 Å². The molecule has 1 unspecified atom stereocenters. The standard InChI is InChI=1S/C13H10BrF3N2/c14-9-1-2-10(15)8(13(9)17)5-12(18)7-3-4-19-6-11(7)16/h1-4,6,12H,5,18H2. The Bertz CT molecular complexity index is 604. The maximum atomic E-state index is 13.8. The number of nitrogens with zero attached hydrogens (tertiary/aromatic N) is 1. The number of hydrogen-bond acceptors (Lipinski definition) is 2. The third kappa shape index (κ3) is 2.96. The molecule has 0 fully saturated rings. The van der Waals surface area contributed by atoms with E-state index in [1.165, 1.54) is 18.3 Å². The summed E-state index contributed by atoms with van der Waals surface area (Å²) in [7, 11) is 0. The fourth-order valence-corrected chi connectivity index (χ4v) is 2.14. The lowest BCUT2D eigenvalue weighted by Crippen LogP contribution is -2.17. The van der Waals surface area contributed by atoms with Gasteiger partial charge in [-0.05, 0) is 40.5 Å². The Labute approximate surface area is 116 Å². The highest BCUT2D eigenvalue weighted by Crippen LogP contribution is 2.26. The van der Waals surface area contributed by atoms with E-state index in [1.54, 1.807) is 0 Å². The first kappa shape index (κ1) is 14.0. The number of pyridine rings is 1. The molecule has 0 aliphatic rings. The molecule has 0 aliphatic heterocycles. The van der Waals surface area contributed by atoms with E-state index in [-0.39, 0.29) is 22.0 Å². The van der Waals surface area contributed by atoms with Crippen molar-refractivity contribution in [3.63, 3.8) is 0 Å². The van der Waals surface area contributed by atoms with Crippen LogP contribution in [0.25, 0.3) is 0 Å². The van der Waals surface area contributed by atoms with Crippen molar-refractivity contribution in [2.24, 2.45) is 5.73 Å². The van der Waals surface area contributed by atoms with Crippen LogP contribution in [0.15, 0.2) is 35.1 Å². The van der Waals surface area contributed by atoms with Crippen LogP contribution in [0, 0.1) is 17.5 Å². The van der Waals surface area contributed by atoms with E-state index >= 15 is 0 Å². The average molecular weight is 331 g/mol. The summed E-state index contributed by atoms with van der Waals surface area (Å²) in [5, 5.41) is 0. The van der Waals surface area contributed by atoms with Gasteiger partial charge in [0.25, 0.3) is 0 Å². The van der Waals surface area contributed by atoms with Crippen LogP contribution in [-0.4, -0.2) is 4.98 Å². The highest BCUT2D eigenvalue weighted by Gasteiger charge is 2.18. The van der Waals surface area contributed by atoms with Gasteiger partial charge in [-0.3, -0.25) is 4.98 Å². The monoisotopic (exact) mass is 330 g/mol. The average Bonchev–Trinajstić information content (AvgIpc) is 2.39. The Balaban J connectivity index is 2.32. The molecule has 19 heavy (non-hydrogen) atoms. The third-order valence-corrected chi connectivity index (χ3v) is 3.38. The fourth-order valence-electron chi connectivity index (χ4n) is 1.77. The van der Waals surface area contributed by atoms with Gasteiger partial charge in [-0.2, -0.15) is 0 Å². The lowest BCUT2D eigenvalue weighted by Gasteiger charge is -2.14. The number of halogens is 4. The van der Waals surface area contributed by atoms with Crippen molar-refractivity contribution in [2.75, 3.05) is 0 Å². The zero-order chi connectivity index (χ0) is 14.0. The molecule has 6 heteroatoms. The summed E-state index contributed by atoms with van der Waals surface area (Å²) in [5.41, 5.74) is 5.81. The molecule has 100 valence electrons. The first-order valence-corrected chi connectivity index (χ1v) is 6.27. The van der Waals surface area contributed by atoms with E-state index in [9.17, 15) is 13.2 Å². The minimum atomic E-state index is -0.846. The van der Waals surface area contributed by atoms with Gasteiger partial charge in [0.2, 0.25) is 0 Å². The molecule has 2 rings (SSSR count). The molecule has 1 heterocycles. The highest BCUT2D eigenvalue weighted by molar-refractivity contribution is 9.10. The molecule has 1 atom stereocenters. The second kappa shape index (κ2) is 5.71. The van der Waals surface area contributed by atoms with Crippen molar-refractivity contribution in [2.45, 2.75) is 12.5 Å². The maximum absolute atomic E-state index is 13.8. The molecule has 2 aromatic rings. The predicted octanol–water partition coefficient (Wildman–Crippen LogP) is 3.50. The van der Waals surface area contributed by atoms with Crippen molar-refractivity contribution in [3.8, 4) is 0 Å². The van der Waals surface area contributed by atoms with E-state index in [1.807, 2.05) is 0 Å². The molecule has 1 aromatic carbocycles. The zero-order valence-corrected chi connectivity index (χ0v) is 11.3. The minimum absolute atomic E-state index is 0.141. The fraction of sp³-hybridized carbons (Fsp3) is 0.154. The van der Waals surface area contributed by atoms with Crippen LogP contribution in [0.3, 0.4) is 0 Å². The first-order valence-electron chi connectivity index (χ1n) is 5.48. The van der Waals surface area contributed by atoms with Crippen molar-refractivity contribution >= 4 is 15.9 Å². The first-order chi connectivity index (χ1) is 9.00. The molecule has 0 saturated heterocycles. The largest absolute Gasteiger partial charge is 0.324 e. The van der Waals surface area contributed by atoms with Gasteiger partial charge >= 0.3 is 0 Å². The van der Waals surface area contributed by atoms with E-state index in [0.717, 1.165) is 12.3 Å². The molecule has 0 amide bonds. The van der Waals surface area contributed by atoms with Crippen LogP contribution >= 0.6 is 15.9 Å². The SMILES string of the molecule is NC(Cc1c(F)ccc(Br)c1F)c1ccncc1F. The molecular weight excluding hydrogens is 321 g/mol. The Morgan fingerprint density at radius 2 is 1.89 bits per heavy atom. The smallest absolute Gasteiger partial charge is 0.146 e. The van der Waals surface area contributed by atoms with Crippen LogP contribution in [0.1, 0.15) is 17.2 Å². The maximum Gasteiger partial charge on any atom is 0.146 e. The van der Waals surface area contributed by atoms with Crippen LogP contribution in [0.5, 0.6) is 0 Å². The minimum Gasteiger partial charge on any atom is -0.324 e. The number of benzene rings is 1. The number of hydrogen-bond donors (Lipinski definition) is 1. The summed E-state index contributed by atoms with van der Waals surface area (Å²) in [6, 6.07) is 2.96. The van der Waals surface area contributed by atoms with Gasteiger partial charge in [0.05, 0.1) is 10.7 Å². The van der Waals surface area contributed by atoms with E-state index in [2.05, 4.69) is 20.9 Å². The summed E-state index contributed by atoms with van der Waals surface area (Å²) in [6.07, 6.45) is 2.26. The van der Waals surface area contributed by atoms with E-state index in [0.29, 0.717) is 0 Å². The quantitative estimate of drug-likeness (QED) is 0.875. The molecule has 2 N–H and O–H groups in total. The van der Waals surface area contributed by atoms with Gasteiger partial charge < -0.3 is 5.73 Å². The van der Waals surface area contributed by atoms with Crippen LogP contribution in [0.2, 0.25) is 0 Å². The Hall–Kier alpha value is -1.40. The Morgan fingerprint density at radius 1 is 1.16 bits per heavy atom. The summed E-state index contributed by atoms with van der Waals surface area (Å²) < 4.78 is 41.0. The molecule has 0 spiro atoms. The lowest BCUT2D eigenvalue weighted by molar-refractivity contribution is 0.524. The van der Waals surface area contributed by atoms with E-state index in [4.69, 9.17) is 5.73 Å². The summed E-state index contributed by atoms with van der Waals surface area (Å²) >= 11 is 2.97. The topological polar surface area (TPSA) is 38.9 Å². The number of rotatable bonds is 3. The number of aromatic nitrogens is 1. The normalized spacial score (nSPS) is 12.5. The summed E-state index contributed by atoms with van der Waals surface area (Å²) in [5.74, 6) is -2.01. The van der Waals surface area contributed by atoms with Crippen LogP contribution < -0.4 is 5.73 Å². The van der Waals surface area contributed by atoms with Crippen molar-refractivity contribution in [3.05, 3.63) is 63.6 Å². The summed E-state index contributed by atoms with van der Waals surface area (Å²) in [4.78, 5) is 3.60. The molecule has 0 radical (unpaired) electrons. The van der Waals surface area contributed by atoms with Crippen LogP contribution in [0.4, 0.5) is 13.2 Å². The van der Waals surface area contributed by atoms with E-state index < -0.39 is 23.5 Å². The van der Waals surface area contributed by atoms with Crippen LogP contribution in [-0.2, 0) is 6.42 Å². The molecule has 1 aromatic heterocycles. The third-order valence-electron chi connectivity index (χ3n) is 2.77. The molecular formula is C13H10BrF3N2. The van der Waals surface area contributed by atoms with Gasteiger partial charge in [-0.15, -0.1) is 0 Å². The van der Waals surface area contributed by atoms with Gasteiger partial charge in [-0.1, -0.05) is 0 Å². The van der Waals surface area contributed by atoms with Gasteiger partial charge in [0.15, 0.2) is 0 Å². The Morgan fingerprint density at radius 3 is 2.58 bits per heavy atom. The highest BCUT2D eigenvalue weighted by atomic mass is 79.9. The molecule has 2 nitrogen and oxygen atoms in total. The van der Waals surface area contributed by atoms with Crippen molar-refractivity contribution in [1.29, 1.82) is 0 Å². The number of nitrogens with two attached hydrogens (primary N) is 1. The Kier molecular flexibility index (Phi) is 4.21. The zero-order valence-electron chi connectivity index (χ0n) is 9.71. The lowest BCUT2D eigenvalue weighted by atomic mass is 9.99. The van der Waals surface area contributed by atoms with Gasteiger partial charge in [0, 0.05) is 23.4 Å².